The lowest BCUT2D eigenvalue weighted by Crippen LogP contribution is -2.49. The van der Waals surface area contributed by atoms with E-state index in [0.29, 0.717) is 6.54 Å². The summed E-state index contributed by atoms with van der Waals surface area (Å²) < 4.78 is 23.5. The Labute approximate surface area is 227 Å². The van der Waals surface area contributed by atoms with Crippen LogP contribution in [0.2, 0.25) is 0 Å². The van der Waals surface area contributed by atoms with Crippen LogP contribution in [-0.4, -0.2) is 90.3 Å². The van der Waals surface area contributed by atoms with Gasteiger partial charge in [-0.25, -0.2) is 14.1 Å². The van der Waals surface area contributed by atoms with Gasteiger partial charge in [0.1, 0.15) is 6.17 Å². The third-order valence-corrected chi connectivity index (χ3v) is 8.75. The molecule has 38 heavy (non-hydrogen) atoms. The fourth-order valence-electron chi connectivity index (χ4n) is 5.59. The number of pyridine rings is 1. The normalized spacial score (nSPS) is 21.0. The number of thiophene rings is 1. The zero-order valence-electron chi connectivity index (χ0n) is 22.3. The number of aryl methyl sites for hydroxylation is 1. The highest BCUT2D eigenvalue weighted by Gasteiger charge is 2.31. The SMILES string of the molecule is Cc1cccc(-c2ccn(-c3cc(N4CCOCC4)c4sc(CN5CCC(N(C)C)C(F)C5)cc4n3)n2)c1. The summed E-state index contributed by atoms with van der Waals surface area (Å²) in [6.45, 7) is 7.35. The van der Waals surface area contributed by atoms with Crippen molar-refractivity contribution in [3.05, 3.63) is 59.1 Å². The molecule has 0 saturated carbocycles. The second-order valence-corrected chi connectivity index (χ2v) is 11.7. The lowest BCUT2D eigenvalue weighted by atomic mass is 10.0. The smallest absolute Gasteiger partial charge is 0.156 e. The molecule has 0 aliphatic carbocycles. The molecule has 2 aliphatic rings. The first kappa shape index (κ1) is 25.4. The van der Waals surface area contributed by atoms with E-state index in [1.807, 2.05) is 35.9 Å². The Balaban J connectivity index is 1.32. The number of hydrogen-bond donors (Lipinski definition) is 0. The molecule has 2 saturated heterocycles. The van der Waals surface area contributed by atoms with Crippen molar-refractivity contribution in [2.75, 3.05) is 58.4 Å². The van der Waals surface area contributed by atoms with Gasteiger partial charge >= 0.3 is 0 Å². The van der Waals surface area contributed by atoms with Crippen molar-refractivity contribution in [1.29, 1.82) is 0 Å². The Kier molecular flexibility index (Phi) is 7.18. The quantitative estimate of drug-likeness (QED) is 0.355. The van der Waals surface area contributed by atoms with Gasteiger partial charge in [0, 0.05) is 61.5 Å². The summed E-state index contributed by atoms with van der Waals surface area (Å²) in [6, 6.07) is 14.8. The molecule has 2 unspecified atom stereocenters. The standard InChI is InChI=1S/C29H35FN6OS/c1-20-5-4-6-21(15-20)24-7-10-36(32-24)28-17-27(35-11-13-37-14-12-35)29-25(31-28)16-22(38-29)18-34-9-8-26(33(2)3)23(30)19-34/h4-7,10,15-17,23,26H,8-9,11-14,18-19H2,1-3H3. The Morgan fingerprint density at radius 1 is 1.11 bits per heavy atom. The maximum Gasteiger partial charge on any atom is 0.156 e. The van der Waals surface area contributed by atoms with Crippen molar-refractivity contribution in [3.8, 4) is 17.1 Å². The first-order valence-corrected chi connectivity index (χ1v) is 14.2. The maximum absolute atomic E-state index is 14.8. The average molecular weight is 535 g/mol. The third kappa shape index (κ3) is 5.20. The van der Waals surface area contributed by atoms with E-state index in [-0.39, 0.29) is 6.04 Å². The first-order chi connectivity index (χ1) is 18.4. The van der Waals surface area contributed by atoms with E-state index in [9.17, 15) is 4.39 Å². The monoisotopic (exact) mass is 534 g/mol. The summed E-state index contributed by atoms with van der Waals surface area (Å²) >= 11 is 1.78. The van der Waals surface area contributed by atoms with Gasteiger partial charge in [0.15, 0.2) is 5.82 Å². The van der Waals surface area contributed by atoms with E-state index in [1.54, 1.807) is 11.3 Å². The molecule has 0 N–H and O–H groups in total. The van der Waals surface area contributed by atoms with Crippen molar-refractivity contribution in [1.82, 2.24) is 24.6 Å². The lowest BCUT2D eigenvalue weighted by Gasteiger charge is -2.37. The molecule has 0 spiro atoms. The highest BCUT2D eigenvalue weighted by atomic mass is 32.1. The fraction of sp³-hybridized carbons (Fsp3) is 0.448. The van der Waals surface area contributed by atoms with Gasteiger partial charge in [-0.05, 0) is 45.6 Å². The number of halogens is 1. The van der Waals surface area contributed by atoms with Crippen LogP contribution in [0.3, 0.4) is 0 Å². The van der Waals surface area contributed by atoms with Gasteiger partial charge < -0.3 is 14.5 Å². The molecule has 2 aliphatic heterocycles. The number of fused-ring (bicyclic) bond motifs is 1. The number of nitrogens with zero attached hydrogens (tertiary/aromatic N) is 6. The molecule has 4 aromatic rings. The van der Waals surface area contributed by atoms with Crippen LogP contribution in [0.4, 0.5) is 10.1 Å². The molecule has 1 aromatic carbocycles. The number of alkyl halides is 1. The van der Waals surface area contributed by atoms with Gasteiger partial charge in [-0.1, -0.05) is 23.8 Å². The van der Waals surface area contributed by atoms with Crippen LogP contribution < -0.4 is 4.90 Å². The molecular weight excluding hydrogens is 499 g/mol. The highest BCUT2D eigenvalue weighted by Crippen LogP contribution is 2.36. The molecule has 9 heteroatoms. The van der Waals surface area contributed by atoms with Crippen LogP contribution >= 0.6 is 11.3 Å². The van der Waals surface area contributed by atoms with Crippen LogP contribution in [0.15, 0.2) is 48.7 Å². The first-order valence-electron chi connectivity index (χ1n) is 13.4. The topological polar surface area (TPSA) is 49.7 Å². The minimum Gasteiger partial charge on any atom is -0.378 e. The number of hydrogen-bond acceptors (Lipinski definition) is 7. The van der Waals surface area contributed by atoms with E-state index >= 15 is 0 Å². The van der Waals surface area contributed by atoms with Gasteiger partial charge in [0.05, 0.1) is 34.8 Å². The summed E-state index contributed by atoms with van der Waals surface area (Å²) in [6.07, 6.45) is 2.01. The Morgan fingerprint density at radius 3 is 2.71 bits per heavy atom. The summed E-state index contributed by atoms with van der Waals surface area (Å²) in [4.78, 5) is 12.9. The van der Waals surface area contributed by atoms with Crippen LogP contribution in [0.25, 0.3) is 27.3 Å². The number of benzene rings is 1. The number of morpholine rings is 1. The second kappa shape index (κ2) is 10.7. The van der Waals surface area contributed by atoms with Crippen molar-refractivity contribution < 1.29 is 9.13 Å². The largest absolute Gasteiger partial charge is 0.378 e. The number of aromatic nitrogens is 3. The number of piperidine rings is 1. The van der Waals surface area contributed by atoms with Crippen LogP contribution in [-0.2, 0) is 11.3 Å². The Morgan fingerprint density at radius 2 is 1.95 bits per heavy atom. The Bertz CT molecular complexity index is 1410. The molecule has 3 aromatic heterocycles. The van der Waals surface area contributed by atoms with Gasteiger partial charge in [0.25, 0.3) is 0 Å². The number of ether oxygens (including phenoxy) is 1. The van der Waals surface area contributed by atoms with Gasteiger partial charge in [0.2, 0.25) is 0 Å². The van der Waals surface area contributed by atoms with Crippen molar-refractivity contribution in [2.45, 2.75) is 32.1 Å². The van der Waals surface area contributed by atoms with E-state index in [0.717, 1.165) is 68.4 Å². The van der Waals surface area contributed by atoms with Crippen LogP contribution in [0.1, 0.15) is 16.9 Å². The fourth-order valence-corrected chi connectivity index (χ4v) is 6.77. The van der Waals surface area contributed by atoms with Gasteiger partial charge in [-0.3, -0.25) is 4.90 Å². The number of anilines is 1. The highest BCUT2D eigenvalue weighted by molar-refractivity contribution is 7.19. The zero-order valence-corrected chi connectivity index (χ0v) is 23.1. The van der Waals surface area contributed by atoms with Crippen LogP contribution in [0.5, 0.6) is 0 Å². The molecule has 0 bridgehead atoms. The molecule has 2 atom stereocenters. The van der Waals surface area contributed by atoms with Crippen molar-refractivity contribution in [2.24, 2.45) is 0 Å². The molecule has 5 heterocycles. The van der Waals surface area contributed by atoms with E-state index in [1.165, 1.54) is 20.8 Å². The number of rotatable bonds is 6. The van der Waals surface area contributed by atoms with E-state index in [2.05, 4.69) is 53.1 Å². The minimum atomic E-state index is -0.829. The molecule has 200 valence electrons. The Hall–Kier alpha value is -2.85. The minimum absolute atomic E-state index is 0.00423. The molecule has 2 fully saturated rings. The molecule has 0 amide bonds. The van der Waals surface area contributed by atoms with E-state index < -0.39 is 6.17 Å². The third-order valence-electron chi connectivity index (χ3n) is 7.62. The molecular formula is C29H35FN6OS. The summed E-state index contributed by atoms with van der Waals surface area (Å²) in [5.41, 5.74) is 5.38. The number of likely N-dealkylation sites (tertiary alicyclic amines) is 1. The predicted molar refractivity (Wildman–Crippen MR) is 152 cm³/mol. The lowest BCUT2D eigenvalue weighted by molar-refractivity contribution is 0.0550. The van der Waals surface area contributed by atoms with Crippen molar-refractivity contribution >= 4 is 27.2 Å². The zero-order chi connectivity index (χ0) is 26.2. The van der Waals surface area contributed by atoms with Crippen LogP contribution in [0, 0.1) is 6.92 Å². The van der Waals surface area contributed by atoms with Gasteiger partial charge in [-0.15, -0.1) is 11.3 Å². The summed E-state index contributed by atoms with van der Waals surface area (Å²) in [5, 5.41) is 4.88. The van der Waals surface area contributed by atoms with E-state index in [4.69, 9.17) is 14.8 Å². The van der Waals surface area contributed by atoms with Crippen molar-refractivity contribution in [3.63, 3.8) is 0 Å². The second-order valence-electron chi connectivity index (χ2n) is 10.6. The molecule has 0 radical (unpaired) electrons. The molecule has 7 nitrogen and oxygen atoms in total. The van der Waals surface area contributed by atoms with Gasteiger partial charge in [-0.2, -0.15) is 5.10 Å². The maximum atomic E-state index is 14.8. The molecule has 6 rings (SSSR count). The predicted octanol–water partition coefficient (Wildman–Crippen LogP) is 4.77. The summed E-state index contributed by atoms with van der Waals surface area (Å²) in [7, 11) is 3.94. The average Bonchev–Trinajstić information content (AvgIpc) is 3.56. The summed E-state index contributed by atoms with van der Waals surface area (Å²) in [5.74, 6) is 0.804.